The molecule has 0 aromatic carbocycles. The Morgan fingerprint density at radius 3 is 1.17 bits per heavy atom. The third-order valence-corrected chi connectivity index (χ3v) is 6.31. The average Bonchev–Trinajstić information content (AvgIpc) is 2.31. The fourth-order valence-corrected chi connectivity index (χ4v) is 4.71. The van der Waals surface area contributed by atoms with E-state index in [1.807, 2.05) is 0 Å². The first-order chi connectivity index (χ1) is 10.6. The van der Waals surface area contributed by atoms with Crippen molar-refractivity contribution in [3.05, 3.63) is 0 Å². The van der Waals surface area contributed by atoms with Crippen molar-refractivity contribution in [2.75, 3.05) is 24.7 Å². The minimum absolute atomic E-state index is 0.213. The lowest BCUT2D eigenvalue weighted by atomic mass is 10.1. The molecule has 0 spiro atoms. The molecule has 0 aliphatic heterocycles. The van der Waals surface area contributed by atoms with E-state index in [2.05, 4.69) is 27.7 Å². The lowest BCUT2D eigenvalue weighted by molar-refractivity contribution is -0.0340. The lowest BCUT2D eigenvalue weighted by Gasteiger charge is -2.29. The first kappa shape index (κ1) is 24.5. The second-order valence-corrected chi connectivity index (χ2v) is 11.3. The van der Waals surface area contributed by atoms with Gasteiger partial charge in [0, 0.05) is 11.5 Å². The van der Waals surface area contributed by atoms with E-state index < -0.39 is 11.2 Å². The van der Waals surface area contributed by atoms with Crippen LogP contribution in [0.1, 0.15) is 68.2 Å². The molecule has 0 rings (SSSR count). The van der Waals surface area contributed by atoms with Crippen LogP contribution in [0.4, 0.5) is 0 Å². The van der Waals surface area contributed by atoms with Gasteiger partial charge in [-0.2, -0.15) is 0 Å². The van der Waals surface area contributed by atoms with Gasteiger partial charge in [-0.3, -0.25) is 0 Å². The normalized spacial score (nSPS) is 14.2. The predicted octanol–water partition coefficient (Wildman–Crippen LogP) is 4.28. The van der Waals surface area contributed by atoms with Gasteiger partial charge in [-0.05, 0) is 68.2 Å². The number of rotatable bonds is 13. The Hall–Kier alpha value is 0.540. The summed E-state index contributed by atoms with van der Waals surface area (Å²) in [5.41, 5.74) is -1.78. The van der Waals surface area contributed by atoms with E-state index in [0.717, 1.165) is 11.5 Å². The van der Waals surface area contributed by atoms with Gasteiger partial charge in [-0.15, -0.1) is 0 Å². The summed E-state index contributed by atoms with van der Waals surface area (Å²) in [6.07, 6.45) is 1.27. The van der Waals surface area contributed by atoms with Gasteiger partial charge in [0.15, 0.2) is 0 Å². The summed E-state index contributed by atoms with van der Waals surface area (Å²) in [4.78, 5) is 0. The second kappa shape index (κ2) is 10.0. The zero-order chi connectivity index (χ0) is 19.1. The summed E-state index contributed by atoms with van der Waals surface area (Å²) in [6, 6.07) is 0. The highest BCUT2D eigenvalue weighted by Gasteiger charge is 2.24. The third-order valence-electron chi connectivity index (χ3n) is 3.31. The molecular weight excluding hydrogens is 344 g/mol. The highest BCUT2D eigenvalue weighted by Crippen LogP contribution is 2.31. The molecule has 146 valence electrons. The molecule has 0 saturated heterocycles. The van der Waals surface area contributed by atoms with E-state index in [1.165, 1.54) is 0 Å². The Labute approximate surface area is 156 Å². The van der Waals surface area contributed by atoms with Crippen LogP contribution < -0.4 is 0 Å². The maximum absolute atomic E-state index is 9.72. The van der Waals surface area contributed by atoms with E-state index in [9.17, 15) is 10.2 Å². The topological polar surface area (TPSA) is 58.9 Å². The molecule has 0 fully saturated rings. The van der Waals surface area contributed by atoms with Gasteiger partial charge >= 0.3 is 0 Å². The molecule has 2 N–H and O–H groups in total. The molecule has 6 heteroatoms. The van der Waals surface area contributed by atoms with E-state index in [-0.39, 0.29) is 11.2 Å². The molecule has 0 aliphatic carbocycles. The standard InChI is InChI=1S/C18H38O4S2/c1-15(2,19)9-11-21-17(5,6)13-23-24-14-18(7,8)22-12-10-16(3,4)20/h19-20H,9-14H2,1-8H3. The Morgan fingerprint density at radius 1 is 0.625 bits per heavy atom. The van der Waals surface area contributed by atoms with E-state index in [4.69, 9.17) is 9.47 Å². The summed E-state index contributed by atoms with van der Waals surface area (Å²) in [5.74, 6) is 1.76. The minimum Gasteiger partial charge on any atom is -0.390 e. The average molecular weight is 383 g/mol. The summed E-state index contributed by atoms with van der Waals surface area (Å²) in [6.45, 7) is 16.6. The lowest BCUT2D eigenvalue weighted by Crippen LogP contribution is -2.32. The highest BCUT2D eigenvalue weighted by molar-refractivity contribution is 8.76. The van der Waals surface area contributed by atoms with Crippen molar-refractivity contribution >= 4 is 21.6 Å². The van der Waals surface area contributed by atoms with Crippen molar-refractivity contribution < 1.29 is 19.7 Å². The van der Waals surface area contributed by atoms with Gasteiger partial charge in [0.25, 0.3) is 0 Å². The van der Waals surface area contributed by atoms with Gasteiger partial charge in [-0.25, -0.2) is 0 Å². The zero-order valence-corrected chi connectivity index (χ0v) is 18.4. The van der Waals surface area contributed by atoms with Gasteiger partial charge in [0.05, 0.1) is 35.6 Å². The van der Waals surface area contributed by atoms with Crippen molar-refractivity contribution in [1.29, 1.82) is 0 Å². The first-order valence-corrected chi connectivity index (χ1v) is 11.1. The van der Waals surface area contributed by atoms with Crippen LogP contribution in [0.25, 0.3) is 0 Å². The van der Waals surface area contributed by atoms with Gasteiger partial charge in [0.1, 0.15) is 0 Å². The zero-order valence-electron chi connectivity index (χ0n) is 16.8. The van der Waals surface area contributed by atoms with Crippen LogP contribution in [0.3, 0.4) is 0 Å². The van der Waals surface area contributed by atoms with Crippen LogP contribution in [-0.2, 0) is 9.47 Å². The minimum atomic E-state index is -0.678. The van der Waals surface area contributed by atoms with Crippen LogP contribution in [0.5, 0.6) is 0 Å². The number of ether oxygens (including phenoxy) is 2. The van der Waals surface area contributed by atoms with Crippen molar-refractivity contribution in [1.82, 2.24) is 0 Å². The molecule has 0 aliphatic rings. The fraction of sp³-hybridized carbons (Fsp3) is 1.00. The molecule has 0 heterocycles. The molecule has 0 saturated carbocycles. The Morgan fingerprint density at radius 2 is 0.917 bits per heavy atom. The van der Waals surface area contributed by atoms with Gasteiger partial charge in [0.2, 0.25) is 0 Å². The number of hydrogen-bond donors (Lipinski definition) is 2. The summed E-state index contributed by atoms with van der Waals surface area (Å²) < 4.78 is 11.8. The monoisotopic (exact) mass is 382 g/mol. The maximum Gasteiger partial charge on any atom is 0.0724 e. The largest absolute Gasteiger partial charge is 0.390 e. The van der Waals surface area contributed by atoms with E-state index in [1.54, 1.807) is 49.3 Å². The molecule has 0 radical (unpaired) electrons. The smallest absolute Gasteiger partial charge is 0.0724 e. The maximum atomic E-state index is 9.72. The SMILES string of the molecule is CC(C)(O)CCOC(C)(C)CSSCC(C)(C)OCCC(C)(C)O. The first-order valence-electron chi connectivity index (χ1n) is 8.59. The predicted molar refractivity (Wildman–Crippen MR) is 107 cm³/mol. The van der Waals surface area contributed by atoms with Crippen LogP contribution in [0.2, 0.25) is 0 Å². The Bertz CT molecular complexity index is 310. The van der Waals surface area contributed by atoms with Crippen molar-refractivity contribution in [3.63, 3.8) is 0 Å². The molecule has 0 aromatic rings. The summed E-state index contributed by atoms with van der Waals surface area (Å²) in [7, 11) is 3.57. The van der Waals surface area contributed by atoms with Gasteiger partial charge in [-0.1, -0.05) is 21.6 Å². The molecule has 4 nitrogen and oxygen atoms in total. The molecular formula is C18H38O4S2. The summed E-state index contributed by atoms with van der Waals surface area (Å²) in [5, 5.41) is 19.4. The van der Waals surface area contributed by atoms with E-state index >= 15 is 0 Å². The molecule has 24 heavy (non-hydrogen) atoms. The van der Waals surface area contributed by atoms with Crippen molar-refractivity contribution in [3.8, 4) is 0 Å². The Kier molecular flexibility index (Phi) is 10.3. The highest BCUT2D eigenvalue weighted by atomic mass is 33.1. The molecule has 0 amide bonds. The van der Waals surface area contributed by atoms with Gasteiger partial charge < -0.3 is 19.7 Å². The van der Waals surface area contributed by atoms with Crippen LogP contribution >= 0.6 is 21.6 Å². The number of hydrogen-bond acceptors (Lipinski definition) is 6. The second-order valence-electron chi connectivity index (χ2n) is 8.87. The van der Waals surface area contributed by atoms with E-state index in [0.29, 0.717) is 26.1 Å². The summed E-state index contributed by atoms with van der Waals surface area (Å²) >= 11 is 0. The van der Waals surface area contributed by atoms with Crippen molar-refractivity contribution in [2.24, 2.45) is 0 Å². The fourth-order valence-electron chi connectivity index (χ4n) is 1.60. The van der Waals surface area contributed by atoms with Crippen LogP contribution in [0, 0.1) is 0 Å². The van der Waals surface area contributed by atoms with Crippen molar-refractivity contribution in [2.45, 2.75) is 90.6 Å². The third kappa shape index (κ3) is 16.0. The molecule has 0 atom stereocenters. The van der Waals surface area contributed by atoms with Crippen LogP contribution in [0.15, 0.2) is 0 Å². The Balaban J connectivity index is 3.92. The molecule has 0 unspecified atom stereocenters. The molecule has 0 aromatic heterocycles. The number of aliphatic hydroxyl groups is 2. The quantitative estimate of drug-likeness (QED) is 0.366. The van der Waals surface area contributed by atoms with Crippen LogP contribution in [-0.4, -0.2) is 57.3 Å². The molecule has 0 bridgehead atoms.